The highest BCUT2D eigenvalue weighted by atomic mass is 16.5. The minimum absolute atomic E-state index is 0.204. The van der Waals surface area contributed by atoms with E-state index in [9.17, 15) is 0 Å². The summed E-state index contributed by atoms with van der Waals surface area (Å²) in [7, 11) is 0. The van der Waals surface area contributed by atoms with Gasteiger partial charge in [0.1, 0.15) is 5.75 Å². The van der Waals surface area contributed by atoms with Crippen LogP contribution in [0.4, 0.5) is 0 Å². The molecule has 1 fully saturated rings. The van der Waals surface area contributed by atoms with Crippen molar-refractivity contribution in [2.75, 3.05) is 13.2 Å². The molecule has 106 valence electrons. The molecule has 3 heteroatoms. The molecule has 0 spiro atoms. The number of hydrogen-bond donors (Lipinski definition) is 1. The van der Waals surface area contributed by atoms with Gasteiger partial charge in [0.2, 0.25) is 0 Å². The first-order valence-corrected chi connectivity index (χ1v) is 7.32. The minimum Gasteiger partial charge on any atom is -0.491 e. The number of ether oxygens (including phenoxy) is 2. The summed E-state index contributed by atoms with van der Waals surface area (Å²) >= 11 is 0. The van der Waals surface area contributed by atoms with Gasteiger partial charge in [0.05, 0.1) is 18.2 Å². The van der Waals surface area contributed by atoms with Gasteiger partial charge in [0.25, 0.3) is 0 Å². The Morgan fingerprint density at radius 2 is 2.26 bits per heavy atom. The number of benzene rings is 1. The van der Waals surface area contributed by atoms with Gasteiger partial charge in [-0.25, -0.2) is 0 Å². The van der Waals surface area contributed by atoms with Crippen molar-refractivity contribution in [1.82, 2.24) is 5.32 Å². The first kappa shape index (κ1) is 14.4. The van der Waals surface area contributed by atoms with E-state index >= 15 is 0 Å². The summed E-state index contributed by atoms with van der Waals surface area (Å²) in [6.07, 6.45) is 2.78. The SMILES string of the molecule is CCNC(c1cccc(OC(C)C)c1)C1CCCO1. The lowest BCUT2D eigenvalue weighted by molar-refractivity contribution is 0.0787. The summed E-state index contributed by atoms with van der Waals surface area (Å²) in [5.41, 5.74) is 1.26. The average Bonchev–Trinajstić information content (AvgIpc) is 2.89. The maximum Gasteiger partial charge on any atom is 0.120 e. The molecular weight excluding hydrogens is 238 g/mol. The molecule has 2 atom stereocenters. The molecule has 19 heavy (non-hydrogen) atoms. The molecule has 1 heterocycles. The predicted molar refractivity (Wildman–Crippen MR) is 77.6 cm³/mol. The topological polar surface area (TPSA) is 30.5 Å². The van der Waals surface area contributed by atoms with Crippen LogP contribution in [0.1, 0.15) is 45.2 Å². The molecule has 1 N–H and O–H groups in total. The standard InChI is InChI=1S/C16H25NO2/c1-4-17-16(15-9-6-10-18-15)13-7-5-8-14(11-13)19-12(2)3/h5,7-8,11-12,15-17H,4,6,9-10H2,1-3H3. The van der Waals surface area contributed by atoms with Gasteiger partial charge in [-0.15, -0.1) is 0 Å². The third-order valence-electron chi connectivity index (χ3n) is 3.35. The molecule has 2 rings (SSSR count). The van der Waals surface area contributed by atoms with Crippen molar-refractivity contribution in [3.63, 3.8) is 0 Å². The average molecular weight is 263 g/mol. The van der Waals surface area contributed by atoms with Gasteiger partial charge in [0, 0.05) is 6.61 Å². The molecule has 1 aliphatic heterocycles. The summed E-state index contributed by atoms with van der Waals surface area (Å²) in [6, 6.07) is 8.63. The third-order valence-corrected chi connectivity index (χ3v) is 3.35. The molecule has 1 saturated heterocycles. The van der Waals surface area contributed by atoms with Crippen molar-refractivity contribution < 1.29 is 9.47 Å². The second-order valence-electron chi connectivity index (χ2n) is 5.33. The zero-order valence-corrected chi connectivity index (χ0v) is 12.2. The van der Waals surface area contributed by atoms with Gasteiger partial charge in [-0.2, -0.15) is 0 Å². The Morgan fingerprint density at radius 1 is 1.42 bits per heavy atom. The van der Waals surface area contributed by atoms with Gasteiger partial charge in [0.15, 0.2) is 0 Å². The Morgan fingerprint density at radius 3 is 2.89 bits per heavy atom. The highest BCUT2D eigenvalue weighted by Crippen LogP contribution is 2.29. The van der Waals surface area contributed by atoms with E-state index in [-0.39, 0.29) is 18.2 Å². The largest absolute Gasteiger partial charge is 0.491 e. The highest BCUT2D eigenvalue weighted by Gasteiger charge is 2.26. The van der Waals surface area contributed by atoms with E-state index < -0.39 is 0 Å². The predicted octanol–water partition coefficient (Wildman–Crippen LogP) is 3.30. The first-order chi connectivity index (χ1) is 9.20. The molecule has 0 radical (unpaired) electrons. The Labute approximate surface area is 116 Å². The van der Waals surface area contributed by atoms with E-state index in [2.05, 4.69) is 44.3 Å². The summed E-state index contributed by atoms with van der Waals surface area (Å²) in [6.45, 7) is 8.06. The number of rotatable bonds is 6. The zero-order valence-electron chi connectivity index (χ0n) is 12.2. The molecule has 2 unspecified atom stereocenters. The van der Waals surface area contributed by atoms with E-state index in [0.717, 1.165) is 31.7 Å². The fraction of sp³-hybridized carbons (Fsp3) is 0.625. The van der Waals surface area contributed by atoms with Crippen LogP contribution in [0.15, 0.2) is 24.3 Å². The van der Waals surface area contributed by atoms with E-state index in [0.29, 0.717) is 0 Å². The smallest absolute Gasteiger partial charge is 0.120 e. The number of nitrogens with one attached hydrogen (secondary N) is 1. The van der Waals surface area contributed by atoms with Gasteiger partial charge < -0.3 is 14.8 Å². The molecule has 1 aliphatic rings. The normalized spacial score (nSPS) is 20.7. The summed E-state index contributed by atoms with van der Waals surface area (Å²) < 4.78 is 11.6. The van der Waals surface area contributed by atoms with Crippen molar-refractivity contribution in [1.29, 1.82) is 0 Å². The van der Waals surface area contributed by atoms with Crippen LogP contribution in [0.5, 0.6) is 5.75 Å². The molecule has 1 aromatic rings. The summed E-state index contributed by atoms with van der Waals surface area (Å²) in [5, 5.41) is 3.54. The van der Waals surface area contributed by atoms with Crippen LogP contribution in [0, 0.1) is 0 Å². The maximum absolute atomic E-state index is 5.84. The van der Waals surface area contributed by atoms with Crippen LogP contribution in [0.25, 0.3) is 0 Å². The van der Waals surface area contributed by atoms with E-state index in [4.69, 9.17) is 9.47 Å². The molecule has 0 bridgehead atoms. The molecule has 1 aromatic carbocycles. The van der Waals surface area contributed by atoms with E-state index in [1.807, 2.05) is 6.07 Å². The lowest BCUT2D eigenvalue weighted by Crippen LogP contribution is -2.31. The Balaban J connectivity index is 2.15. The Hall–Kier alpha value is -1.06. The van der Waals surface area contributed by atoms with Gasteiger partial charge >= 0.3 is 0 Å². The first-order valence-electron chi connectivity index (χ1n) is 7.32. The van der Waals surface area contributed by atoms with Gasteiger partial charge in [-0.3, -0.25) is 0 Å². The number of hydrogen-bond acceptors (Lipinski definition) is 3. The molecule has 3 nitrogen and oxygen atoms in total. The van der Waals surface area contributed by atoms with E-state index in [1.54, 1.807) is 0 Å². The lowest BCUT2D eigenvalue weighted by atomic mass is 9.99. The van der Waals surface area contributed by atoms with Gasteiger partial charge in [-0.1, -0.05) is 19.1 Å². The van der Waals surface area contributed by atoms with E-state index in [1.165, 1.54) is 5.56 Å². The van der Waals surface area contributed by atoms with Crippen LogP contribution in [0.3, 0.4) is 0 Å². The maximum atomic E-state index is 5.84. The van der Waals surface area contributed by atoms with Crippen LogP contribution in [-0.4, -0.2) is 25.4 Å². The minimum atomic E-state index is 0.204. The Bertz CT molecular complexity index is 386. The molecule has 0 aliphatic carbocycles. The van der Waals surface area contributed by atoms with Gasteiger partial charge in [-0.05, 0) is 50.9 Å². The van der Waals surface area contributed by atoms with Crippen molar-refractivity contribution in [3.8, 4) is 5.75 Å². The number of likely N-dealkylation sites (N-methyl/N-ethyl adjacent to an activating group) is 1. The molecule has 0 aromatic heterocycles. The van der Waals surface area contributed by atoms with Crippen molar-refractivity contribution in [3.05, 3.63) is 29.8 Å². The van der Waals surface area contributed by atoms with Crippen molar-refractivity contribution in [2.24, 2.45) is 0 Å². The van der Waals surface area contributed by atoms with Crippen LogP contribution in [-0.2, 0) is 4.74 Å². The second-order valence-corrected chi connectivity index (χ2v) is 5.33. The van der Waals surface area contributed by atoms with Crippen molar-refractivity contribution >= 4 is 0 Å². The van der Waals surface area contributed by atoms with Crippen molar-refractivity contribution in [2.45, 2.75) is 51.9 Å². The second kappa shape index (κ2) is 6.92. The fourth-order valence-corrected chi connectivity index (χ4v) is 2.60. The molecule has 0 amide bonds. The zero-order chi connectivity index (χ0) is 13.7. The summed E-state index contributed by atoms with van der Waals surface area (Å²) in [4.78, 5) is 0. The van der Waals surface area contributed by atoms with Crippen LogP contribution < -0.4 is 10.1 Å². The van der Waals surface area contributed by atoms with Crippen LogP contribution >= 0.6 is 0 Å². The molecule has 0 saturated carbocycles. The monoisotopic (exact) mass is 263 g/mol. The fourth-order valence-electron chi connectivity index (χ4n) is 2.60. The lowest BCUT2D eigenvalue weighted by Gasteiger charge is -2.25. The summed E-state index contributed by atoms with van der Waals surface area (Å²) in [5.74, 6) is 0.938. The molecular formula is C16H25NO2. The third kappa shape index (κ3) is 3.95. The van der Waals surface area contributed by atoms with Crippen LogP contribution in [0.2, 0.25) is 0 Å². The quantitative estimate of drug-likeness (QED) is 0.854. The Kier molecular flexibility index (Phi) is 5.23. The highest BCUT2D eigenvalue weighted by molar-refractivity contribution is 5.31.